The molecule has 1 saturated heterocycles. The van der Waals surface area contributed by atoms with Crippen LogP contribution in [0.15, 0.2) is 42.5 Å². The largest absolute Gasteiger partial charge is 0.368 e. The van der Waals surface area contributed by atoms with Gasteiger partial charge in [-0.3, -0.25) is 9.59 Å². The lowest BCUT2D eigenvalue weighted by Gasteiger charge is -2.36. The molecule has 0 unspecified atom stereocenters. The second kappa shape index (κ2) is 8.44. The van der Waals surface area contributed by atoms with E-state index in [9.17, 15) is 9.59 Å². The third kappa shape index (κ3) is 4.61. The third-order valence-corrected chi connectivity index (χ3v) is 5.11. The predicted octanol–water partition coefficient (Wildman–Crippen LogP) is 3.96. The van der Waals surface area contributed by atoms with Gasteiger partial charge in [0.1, 0.15) is 0 Å². The van der Waals surface area contributed by atoms with E-state index in [1.165, 1.54) is 0 Å². The summed E-state index contributed by atoms with van der Waals surface area (Å²) in [4.78, 5) is 28.4. The van der Waals surface area contributed by atoms with Crippen LogP contribution in [0.4, 0.5) is 11.4 Å². The molecule has 2 aromatic rings. The number of halogens is 1. The maximum atomic E-state index is 12.4. The molecule has 2 amide bonds. The maximum absolute atomic E-state index is 12.4. The van der Waals surface area contributed by atoms with E-state index in [1.807, 2.05) is 49.1 Å². The van der Waals surface area contributed by atoms with Crippen molar-refractivity contribution in [2.24, 2.45) is 0 Å². The van der Waals surface area contributed by atoms with Gasteiger partial charge in [-0.2, -0.15) is 0 Å². The summed E-state index contributed by atoms with van der Waals surface area (Å²) in [5.41, 5.74) is 3.29. The summed E-state index contributed by atoms with van der Waals surface area (Å²) in [6, 6.07) is 13.1. The van der Waals surface area contributed by atoms with Crippen molar-refractivity contribution in [1.29, 1.82) is 0 Å². The van der Waals surface area contributed by atoms with Gasteiger partial charge in [0.2, 0.25) is 5.91 Å². The lowest BCUT2D eigenvalue weighted by Crippen LogP contribution is -2.48. The van der Waals surface area contributed by atoms with E-state index < -0.39 is 0 Å². The number of carbonyl (C=O) groups excluding carboxylic acids is 2. The van der Waals surface area contributed by atoms with E-state index in [1.54, 1.807) is 12.1 Å². The normalized spacial score (nSPS) is 14.2. The molecule has 0 spiro atoms. The van der Waals surface area contributed by atoms with Crippen molar-refractivity contribution in [3.8, 4) is 0 Å². The highest BCUT2D eigenvalue weighted by Gasteiger charge is 2.20. The first-order valence-electron chi connectivity index (χ1n) is 9.18. The smallest absolute Gasteiger partial charge is 0.257 e. The molecular weight excluding hydrogens is 362 g/mol. The molecule has 5 nitrogen and oxygen atoms in total. The second-order valence-corrected chi connectivity index (χ2v) is 7.11. The first-order chi connectivity index (χ1) is 13.0. The van der Waals surface area contributed by atoms with Gasteiger partial charge in [0.25, 0.3) is 5.91 Å². The molecule has 0 aliphatic carbocycles. The number of rotatable bonds is 4. The van der Waals surface area contributed by atoms with Crippen LogP contribution in [0.25, 0.3) is 0 Å². The van der Waals surface area contributed by atoms with Gasteiger partial charge in [-0.15, -0.1) is 0 Å². The van der Waals surface area contributed by atoms with Gasteiger partial charge in [-0.25, -0.2) is 0 Å². The van der Waals surface area contributed by atoms with E-state index in [-0.39, 0.29) is 11.8 Å². The molecular formula is C21H24ClN3O2. The molecule has 1 aliphatic rings. The number of nitrogens with one attached hydrogen (secondary N) is 1. The van der Waals surface area contributed by atoms with Crippen LogP contribution in [0.3, 0.4) is 0 Å². The van der Waals surface area contributed by atoms with Crippen LogP contribution in [0.1, 0.15) is 29.3 Å². The minimum Gasteiger partial charge on any atom is -0.368 e. The van der Waals surface area contributed by atoms with E-state index in [2.05, 4.69) is 10.2 Å². The number of aryl methyl sites for hydroxylation is 1. The zero-order valence-corrected chi connectivity index (χ0v) is 16.4. The highest BCUT2D eigenvalue weighted by Crippen LogP contribution is 2.22. The minimum atomic E-state index is -0.223. The maximum Gasteiger partial charge on any atom is 0.257 e. The standard InChI is InChI=1S/C21H24ClN3O2/c1-3-20(26)25-12-10-24(11-13-25)17-7-5-16(6-8-17)23-21(27)18-9-4-15(2)14-19(18)22/h4-9,14H,3,10-13H2,1-2H3,(H,23,27). The van der Waals surface area contributed by atoms with Crippen LogP contribution in [-0.2, 0) is 4.79 Å². The molecule has 0 aromatic heterocycles. The Morgan fingerprint density at radius 1 is 1.04 bits per heavy atom. The number of hydrogen-bond acceptors (Lipinski definition) is 3. The van der Waals surface area contributed by atoms with Crippen LogP contribution in [0, 0.1) is 6.92 Å². The van der Waals surface area contributed by atoms with Gasteiger partial charge in [0.05, 0.1) is 10.6 Å². The predicted molar refractivity (Wildman–Crippen MR) is 110 cm³/mol. The van der Waals surface area contributed by atoms with Crippen LogP contribution < -0.4 is 10.2 Å². The quantitative estimate of drug-likeness (QED) is 0.866. The van der Waals surface area contributed by atoms with E-state index >= 15 is 0 Å². The molecule has 0 radical (unpaired) electrons. The first-order valence-corrected chi connectivity index (χ1v) is 9.56. The molecule has 6 heteroatoms. The number of nitrogens with zero attached hydrogens (tertiary/aromatic N) is 2. The van der Waals surface area contributed by atoms with Crippen LogP contribution in [0.5, 0.6) is 0 Å². The van der Waals surface area contributed by atoms with E-state index in [4.69, 9.17) is 11.6 Å². The van der Waals surface area contributed by atoms with Gasteiger partial charge >= 0.3 is 0 Å². The Morgan fingerprint density at radius 3 is 2.30 bits per heavy atom. The van der Waals surface area contributed by atoms with Gasteiger partial charge in [0, 0.05) is 44.0 Å². The molecule has 2 aromatic carbocycles. The highest BCUT2D eigenvalue weighted by atomic mass is 35.5. The van der Waals surface area contributed by atoms with Crippen LogP contribution in [0.2, 0.25) is 5.02 Å². The number of amides is 2. The number of benzene rings is 2. The summed E-state index contributed by atoms with van der Waals surface area (Å²) in [5, 5.41) is 3.33. The zero-order valence-electron chi connectivity index (χ0n) is 15.7. The molecule has 0 atom stereocenters. The van der Waals surface area contributed by atoms with Crippen LogP contribution >= 0.6 is 11.6 Å². The Labute approximate surface area is 164 Å². The highest BCUT2D eigenvalue weighted by molar-refractivity contribution is 6.34. The van der Waals surface area contributed by atoms with E-state index in [0.29, 0.717) is 17.0 Å². The van der Waals surface area contributed by atoms with E-state index in [0.717, 1.165) is 43.1 Å². The molecule has 0 bridgehead atoms. The van der Waals surface area contributed by atoms with Gasteiger partial charge in [-0.05, 0) is 48.9 Å². The lowest BCUT2D eigenvalue weighted by molar-refractivity contribution is -0.131. The second-order valence-electron chi connectivity index (χ2n) is 6.71. The lowest BCUT2D eigenvalue weighted by atomic mass is 10.1. The molecule has 1 fully saturated rings. The summed E-state index contributed by atoms with van der Waals surface area (Å²) >= 11 is 6.17. The number of piperazine rings is 1. The SMILES string of the molecule is CCC(=O)N1CCN(c2ccc(NC(=O)c3ccc(C)cc3Cl)cc2)CC1. The molecule has 27 heavy (non-hydrogen) atoms. The summed E-state index contributed by atoms with van der Waals surface area (Å²) in [5.74, 6) is -0.0121. The molecule has 3 rings (SSSR count). The van der Waals surface area contributed by atoms with Crippen LogP contribution in [-0.4, -0.2) is 42.9 Å². The topological polar surface area (TPSA) is 52.7 Å². The fourth-order valence-corrected chi connectivity index (χ4v) is 3.52. The van der Waals surface area contributed by atoms with Gasteiger partial charge in [-0.1, -0.05) is 24.6 Å². The Bertz CT molecular complexity index is 828. The summed E-state index contributed by atoms with van der Waals surface area (Å²) in [6.07, 6.45) is 0.555. The summed E-state index contributed by atoms with van der Waals surface area (Å²) < 4.78 is 0. The van der Waals surface area contributed by atoms with Crippen molar-refractivity contribution in [3.05, 3.63) is 58.6 Å². The Kier molecular flexibility index (Phi) is 6.01. The van der Waals surface area contributed by atoms with Crippen molar-refractivity contribution in [1.82, 2.24) is 4.90 Å². The zero-order chi connectivity index (χ0) is 19.4. The molecule has 142 valence electrons. The molecule has 0 saturated carbocycles. The van der Waals surface area contributed by atoms with Crippen molar-refractivity contribution in [2.75, 3.05) is 36.4 Å². The average Bonchev–Trinajstić information content (AvgIpc) is 2.68. The Hall–Kier alpha value is -2.53. The fraction of sp³-hybridized carbons (Fsp3) is 0.333. The molecule has 1 heterocycles. The molecule has 1 N–H and O–H groups in total. The Morgan fingerprint density at radius 2 is 1.70 bits per heavy atom. The first kappa shape index (κ1) is 19.2. The van der Waals surface area contributed by atoms with Gasteiger partial charge in [0.15, 0.2) is 0 Å². The molecule has 1 aliphatic heterocycles. The fourth-order valence-electron chi connectivity index (χ4n) is 3.20. The monoisotopic (exact) mass is 385 g/mol. The Balaban J connectivity index is 1.61. The summed E-state index contributed by atoms with van der Waals surface area (Å²) in [7, 11) is 0. The number of anilines is 2. The minimum absolute atomic E-state index is 0.211. The number of carbonyl (C=O) groups is 2. The van der Waals surface area contributed by atoms with Crippen molar-refractivity contribution < 1.29 is 9.59 Å². The number of hydrogen-bond donors (Lipinski definition) is 1. The average molecular weight is 386 g/mol. The van der Waals surface area contributed by atoms with Crippen molar-refractivity contribution in [3.63, 3.8) is 0 Å². The summed E-state index contributed by atoms with van der Waals surface area (Å²) in [6.45, 7) is 6.96. The van der Waals surface area contributed by atoms with Crippen molar-refractivity contribution >= 4 is 34.8 Å². The van der Waals surface area contributed by atoms with Gasteiger partial charge < -0.3 is 15.1 Å². The third-order valence-electron chi connectivity index (χ3n) is 4.79. The van der Waals surface area contributed by atoms with Crippen molar-refractivity contribution in [2.45, 2.75) is 20.3 Å².